The van der Waals surface area contributed by atoms with Gasteiger partial charge in [-0.3, -0.25) is 14.5 Å². The molecule has 0 aromatic rings. The van der Waals surface area contributed by atoms with Gasteiger partial charge in [-0.2, -0.15) is 5.26 Å². The summed E-state index contributed by atoms with van der Waals surface area (Å²) in [4.78, 5) is 26.6. The molecule has 1 saturated heterocycles. The van der Waals surface area contributed by atoms with Crippen molar-refractivity contribution in [2.75, 3.05) is 32.7 Å². The molecule has 6 heteroatoms. The van der Waals surface area contributed by atoms with Crippen LogP contribution < -0.4 is 0 Å². The summed E-state index contributed by atoms with van der Waals surface area (Å²) < 4.78 is 0. The van der Waals surface area contributed by atoms with Crippen molar-refractivity contribution < 1.29 is 14.7 Å². The summed E-state index contributed by atoms with van der Waals surface area (Å²) in [7, 11) is 0. The van der Waals surface area contributed by atoms with Crippen LogP contribution in [-0.4, -0.2) is 59.5 Å². The fourth-order valence-electron chi connectivity index (χ4n) is 2.38. The minimum atomic E-state index is -0.860. The minimum absolute atomic E-state index is 0.0117. The van der Waals surface area contributed by atoms with Crippen LogP contribution in [0.2, 0.25) is 0 Å². The van der Waals surface area contributed by atoms with E-state index in [-0.39, 0.29) is 11.8 Å². The van der Waals surface area contributed by atoms with Gasteiger partial charge in [-0.25, -0.2) is 0 Å². The van der Waals surface area contributed by atoms with E-state index in [9.17, 15) is 9.59 Å². The molecule has 6 nitrogen and oxygen atoms in total. The van der Waals surface area contributed by atoms with Gasteiger partial charge >= 0.3 is 5.97 Å². The highest BCUT2D eigenvalue weighted by Crippen LogP contribution is 2.40. The quantitative estimate of drug-likeness (QED) is 0.745. The molecular formula is C12H17N3O3. The Morgan fingerprint density at radius 3 is 2.39 bits per heavy atom. The van der Waals surface area contributed by atoms with Gasteiger partial charge in [0.2, 0.25) is 5.91 Å². The Kier molecular flexibility index (Phi) is 3.82. The second kappa shape index (κ2) is 5.36. The Morgan fingerprint density at radius 2 is 1.89 bits per heavy atom. The van der Waals surface area contributed by atoms with Gasteiger partial charge in [0.25, 0.3) is 0 Å². The molecule has 1 saturated carbocycles. The van der Waals surface area contributed by atoms with Crippen LogP contribution in [0.3, 0.4) is 0 Å². The van der Waals surface area contributed by atoms with Crippen molar-refractivity contribution in [3.63, 3.8) is 0 Å². The van der Waals surface area contributed by atoms with Crippen molar-refractivity contribution in [3.05, 3.63) is 0 Å². The highest BCUT2D eigenvalue weighted by Gasteiger charge is 2.49. The molecule has 2 atom stereocenters. The molecule has 1 heterocycles. The maximum absolute atomic E-state index is 12.0. The first-order valence-corrected chi connectivity index (χ1v) is 6.24. The summed E-state index contributed by atoms with van der Waals surface area (Å²) in [6, 6.07) is 2.11. The van der Waals surface area contributed by atoms with Crippen molar-refractivity contribution in [3.8, 4) is 6.07 Å². The lowest BCUT2D eigenvalue weighted by Gasteiger charge is -2.34. The lowest BCUT2D eigenvalue weighted by Crippen LogP contribution is -2.49. The van der Waals surface area contributed by atoms with E-state index in [4.69, 9.17) is 10.4 Å². The lowest BCUT2D eigenvalue weighted by atomic mass is 10.2. The number of hydrogen-bond acceptors (Lipinski definition) is 4. The van der Waals surface area contributed by atoms with Gasteiger partial charge in [0.15, 0.2) is 0 Å². The molecule has 1 amide bonds. The number of carboxylic acids is 1. The van der Waals surface area contributed by atoms with Crippen LogP contribution in [0.1, 0.15) is 12.8 Å². The maximum Gasteiger partial charge on any atom is 0.307 e. The molecule has 2 unspecified atom stereocenters. The Bertz CT molecular complexity index is 383. The summed E-state index contributed by atoms with van der Waals surface area (Å²) >= 11 is 0. The molecule has 2 fully saturated rings. The van der Waals surface area contributed by atoms with Crippen molar-refractivity contribution in [1.29, 1.82) is 5.26 Å². The van der Waals surface area contributed by atoms with Crippen LogP contribution in [0.25, 0.3) is 0 Å². The Hall–Kier alpha value is -1.61. The summed E-state index contributed by atoms with van der Waals surface area (Å²) in [5, 5.41) is 17.3. The number of carboxylic acid groups (broad SMARTS) is 1. The molecule has 0 radical (unpaired) electrons. The summed E-state index contributed by atoms with van der Waals surface area (Å²) in [6.07, 6.45) is 1.00. The van der Waals surface area contributed by atoms with E-state index in [0.29, 0.717) is 25.9 Å². The summed E-state index contributed by atoms with van der Waals surface area (Å²) in [6.45, 7) is 3.59. The van der Waals surface area contributed by atoms with Gasteiger partial charge in [0, 0.05) is 39.1 Å². The fourth-order valence-corrected chi connectivity index (χ4v) is 2.38. The molecule has 1 N–H and O–H groups in total. The van der Waals surface area contributed by atoms with Crippen LogP contribution in [0.15, 0.2) is 0 Å². The molecule has 2 aliphatic rings. The number of amides is 1. The van der Waals surface area contributed by atoms with E-state index in [1.165, 1.54) is 0 Å². The Balaban J connectivity index is 1.75. The van der Waals surface area contributed by atoms with Gasteiger partial charge < -0.3 is 10.0 Å². The van der Waals surface area contributed by atoms with Gasteiger partial charge in [-0.15, -0.1) is 0 Å². The maximum atomic E-state index is 12.0. The van der Waals surface area contributed by atoms with Crippen LogP contribution in [0.4, 0.5) is 0 Å². The predicted octanol–water partition coefficient (Wildman–Crippen LogP) is -0.235. The topological polar surface area (TPSA) is 84.6 Å². The molecule has 98 valence electrons. The molecule has 0 bridgehead atoms. The first-order valence-electron chi connectivity index (χ1n) is 6.24. The molecule has 0 aromatic carbocycles. The van der Waals surface area contributed by atoms with E-state index in [1.807, 2.05) is 0 Å². The van der Waals surface area contributed by atoms with Gasteiger partial charge in [-0.1, -0.05) is 0 Å². The number of piperazine rings is 1. The SMILES string of the molecule is N#CCCN1CCN(C(=O)C2CC2C(=O)O)CC1. The van der Waals surface area contributed by atoms with E-state index in [0.717, 1.165) is 19.6 Å². The van der Waals surface area contributed by atoms with E-state index < -0.39 is 11.9 Å². The first kappa shape index (κ1) is 12.8. The van der Waals surface area contributed by atoms with Gasteiger partial charge in [0.1, 0.15) is 0 Å². The van der Waals surface area contributed by atoms with Crippen molar-refractivity contribution in [1.82, 2.24) is 9.80 Å². The third-order valence-electron chi connectivity index (χ3n) is 3.65. The Morgan fingerprint density at radius 1 is 1.22 bits per heavy atom. The van der Waals surface area contributed by atoms with Crippen LogP contribution in [0, 0.1) is 23.2 Å². The second-order valence-corrected chi connectivity index (χ2v) is 4.86. The zero-order valence-corrected chi connectivity index (χ0v) is 10.2. The highest BCUT2D eigenvalue weighted by molar-refractivity contribution is 5.89. The largest absolute Gasteiger partial charge is 0.481 e. The number of carbonyl (C=O) groups excluding carboxylic acids is 1. The van der Waals surface area contributed by atoms with Crippen LogP contribution in [-0.2, 0) is 9.59 Å². The fraction of sp³-hybridized carbons (Fsp3) is 0.750. The molecule has 18 heavy (non-hydrogen) atoms. The predicted molar refractivity (Wildman–Crippen MR) is 62.5 cm³/mol. The van der Waals surface area contributed by atoms with E-state index in [1.54, 1.807) is 4.90 Å². The van der Waals surface area contributed by atoms with Crippen molar-refractivity contribution >= 4 is 11.9 Å². The van der Waals surface area contributed by atoms with Crippen LogP contribution in [0.5, 0.6) is 0 Å². The smallest absolute Gasteiger partial charge is 0.307 e. The highest BCUT2D eigenvalue weighted by atomic mass is 16.4. The normalized spacial score (nSPS) is 27.6. The Labute approximate surface area is 106 Å². The molecular weight excluding hydrogens is 234 g/mol. The lowest BCUT2D eigenvalue weighted by molar-refractivity contribution is -0.142. The molecule has 0 spiro atoms. The summed E-state index contributed by atoms with van der Waals surface area (Å²) in [5.74, 6) is -1.63. The minimum Gasteiger partial charge on any atom is -0.481 e. The first-order chi connectivity index (χ1) is 8.63. The molecule has 2 rings (SSSR count). The van der Waals surface area contributed by atoms with Crippen molar-refractivity contribution in [2.45, 2.75) is 12.8 Å². The number of nitrogens with zero attached hydrogens (tertiary/aromatic N) is 3. The summed E-state index contributed by atoms with van der Waals surface area (Å²) in [5.41, 5.74) is 0. The van der Waals surface area contributed by atoms with E-state index in [2.05, 4.69) is 11.0 Å². The van der Waals surface area contributed by atoms with E-state index >= 15 is 0 Å². The number of aliphatic carboxylic acids is 1. The molecule has 0 aromatic heterocycles. The van der Waals surface area contributed by atoms with Crippen molar-refractivity contribution in [2.24, 2.45) is 11.8 Å². The van der Waals surface area contributed by atoms with Crippen LogP contribution >= 0.6 is 0 Å². The third-order valence-corrected chi connectivity index (χ3v) is 3.65. The monoisotopic (exact) mass is 251 g/mol. The van der Waals surface area contributed by atoms with Gasteiger partial charge in [0.05, 0.1) is 17.9 Å². The number of hydrogen-bond donors (Lipinski definition) is 1. The average Bonchev–Trinajstić information content (AvgIpc) is 3.16. The molecule has 1 aliphatic carbocycles. The molecule has 1 aliphatic heterocycles. The third kappa shape index (κ3) is 2.79. The zero-order valence-electron chi connectivity index (χ0n) is 10.2. The average molecular weight is 251 g/mol. The second-order valence-electron chi connectivity index (χ2n) is 4.86. The number of nitriles is 1. The number of carbonyl (C=O) groups is 2. The standard InChI is InChI=1S/C12H17N3O3/c13-2-1-3-14-4-6-15(7-5-14)11(16)9-8-10(9)12(17)18/h9-10H,1,3-8H2,(H,17,18). The van der Waals surface area contributed by atoms with Gasteiger partial charge in [-0.05, 0) is 6.42 Å². The number of rotatable bonds is 4. The zero-order chi connectivity index (χ0) is 13.1.